The number of aromatic nitrogens is 3. The minimum atomic E-state index is -0.606. The Morgan fingerprint density at radius 2 is 1.63 bits per heavy atom. The van der Waals surface area contributed by atoms with E-state index in [0.717, 1.165) is 5.52 Å². The highest BCUT2D eigenvalue weighted by molar-refractivity contribution is 6.37. The van der Waals surface area contributed by atoms with E-state index in [1.54, 1.807) is 60.9 Å². The first-order valence-electron chi connectivity index (χ1n) is 13.6. The zero-order valence-electron chi connectivity index (χ0n) is 23.7. The molecule has 6 rings (SSSR count). The second kappa shape index (κ2) is 10.9. The molecule has 5 aromatic rings. The van der Waals surface area contributed by atoms with E-state index in [1.165, 1.54) is 0 Å². The van der Waals surface area contributed by atoms with Gasteiger partial charge in [-0.3, -0.25) is 14.6 Å². The number of nitrogens with zero attached hydrogens (tertiary/aromatic N) is 2. The molecular weight excluding hydrogens is 544 g/mol. The van der Waals surface area contributed by atoms with Crippen molar-refractivity contribution in [3.63, 3.8) is 0 Å². The minimum Gasteiger partial charge on any atom is -0.456 e. The van der Waals surface area contributed by atoms with Crippen molar-refractivity contribution in [1.82, 2.24) is 15.0 Å². The van der Waals surface area contributed by atoms with Gasteiger partial charge in [0, 0.05) is 34.9 Å². The Hall–Kier alpha value is -5.77. The molecule has 4 N–H and O–H groups in total. The number of carbonyl (C=O) groups excluding carboxylic acids is 3. The molecule has 10 heteroatoms. The highest BCUT2D eigenvalue weighted by Gasteiger charge is 2.29. The molecule has 0 saturated carbocycles. The summed E-state index contributed by atoms with van der Waals surface area (Å²) >= 11 is 0. The van der Waals surface area contributed by atoms with Crippen molar-refractivity contribution in [3.8, 4) is 0 Å². The van der Waals surface area contributed by atoms with Crippen molar-refractivity contribution in [2.24, 2.45) is 0 Å². The summed E-state index contributed by atoms with van der Waals surface area (Å²) in [5, 5.41) is 9.10. The molecular formula is C33H28N6O4. The molecule has 10 nitrogen and oxygen atoms in total. The Balaban J connectivity index is 1.30. The fourth-order valence-electron chi connectivity index (χ4n) is 4.71. The lowest BCUT2D eigenvalue weighted by molar-refractivity contribution is -0.110. The highest BCUT2D eigenvalue weighted by Crippen LogP contribution is 2.39. The molecule has 1 aliphatic heterocycles. The molecule has 0 radical (unpaired) electrons. The third kappa shape index (κ3) is 5.84. The van der Waals surface area contributed by atoms with Crippen molar-refractivity contribution < 1.29 is 19.1 Å². The molecule has 0 bridgehead atoms. The van der Waals surface area contributed by atoms with Crippen LogP contribution >= 0.6 is 0 Å². The van der Waals surface area contributed by atoms with Crippen molar-refractivity contribution in [3.05, 3.63) is 114 Å². The summed E-state index contributed by atoms with van der Waals surface area (Å²) in [6, 6.07) is 23.1. The normalized spacial score (nSPS) is 13.7. The van der Waals surface area contributed by atoms with E-state index >= 15 is 0 Å². The number of esters is 1. The number of benzene rings is 3. The van der Waals surface area contributed by atoms with Crippen LogP contribution in [0.5, 0.6) is 0 Å². The summed E-state index contributed by atoms with van der Waals surface area (Å²) < 4.78 is 5.46. The molecule has 43 heavy (non-hydrogen) atoms. The average molecular weight is 573 g/mol. The molecule has 0 fully saturated rings. The Bertz CT molecular complexity index is 1870. The van der Waals surface area contributed by atoms with Gasteiger partial charge in [-0.15, -0.1) is 0 Å². The fourth-order valence-corrected chi connectivity index (χ4v) is 4.71. The first kappa shape index (κ1) is 27.4. The Morgan fingerprint density at radius 3 is 2.35 bits per heavy atom. The van der Waals surface area contributed by atoms with E-state index in [4.69, 9.17) is 4.74 Å². The molecule has 3 aromatic carbocycles. The van der Waals surface area contributed by atoms with Gasteiger partial charge in [0.2, 0.25) is 0 Å². The van der Waals surface area contributed by atoms with Gasteiger partial charge in [-0.25, -0.2) is 9.78 Å². The maximum Gasteiger partial charge on any atom is 0.338 e. The lowest BCUT2D eigenvalue weighted by atomic mass is 10.0. The summed E-state index contributed by atoms with van der Waals surface area (Å²) in [5.74, 6) is -0.944. The number of hydrogen-bond donors (Lipinski definition) is 4. The number of ether oxygens (including phenoxy) is 1. The smallest absolute Gasteiger partial charge is 0.338 e. The Kier molecular flexibility index (Phi) is 6.95. The second-order valence-corrected chi connectivity index (χ2v) is 11.0. The van der Waals surface area contributed by atoms with Crippen LogP contribution in [-0.2, 0) is 9.53 Å². The van der Waals surface area contributed by atoms with E-state index in [9.17, 15) is 14.4 Å². The number of rotatable bonds is 6. The van der Waals surface area contributed by atoms with E-state index in [-0.39, 0.29) is 11.7 Å². The number of amides is 2. The molecule has 0 unspecified atom stereocenters. The van der Waals surface area contributed by atoms with Gasteiger partial charge >= 0.3 is 5.97 Å². The van der Waals surface area contributed by atoms with E-state index in [2.05, 4.69) is 30.9 Å². The van der Waals surface area contributed by atoms with Gasteiger partial charge in [0.25, 0.3) is 11.8 Å². The van der Waals surface area contributed by atoms with Crippen LogP contribution < -0.4 is 16.0 Å². The van der Waals surface area contributed by atoms with Gasteiger partial charge in [0.05, 0.1) is 33.6 Å². The van der Waals surface area contributed by atoms with Gasteiger partial charge in [-0.1, -0.05) is 12.1 Å². The quantitative estimate of drug-likeness (QED) is 0.143. The molecule has 3 heterocycles. The van der Waals surface area contributed by atoms with Crippen molar-refractivity contribution in [2.45, 2.75) is 26.4 Å². The van der Waals surface area contributed by atoms with E-state index in [0.29, 0.717) is 50.5 Å². The van der Waals surface area contributed by atoms with Crippen molar-refractivity contribution in [2.75, 3.05) is 16.0 Å². The summed E-state index contributed by atoms with van der Waals surface area (Å²) in [5.41, 5.74) is 5.27. The minimum absolute atomic E-state index is 0.187. The number of pyridine rings is 1. The molecule has 0 atom stereocenters. The van der Waals surface area contributed by atoms with Gasteiger partial charge < -0.3 is 25.7 Å². The number of para-hydroxylation sites is 2. The topological polar surface area (TPSA) is 138 Å². The van der Waals surface area contributed by atoms with Crippen molar-refractivity contribution in [1.29, 1.82) is 0 Å². The molecule has 1 aliphatic rings. The number of imidazole rings is 1. The van der Waals surface area contributed by atoms with Crippen LogP contribution in [0.3, 0.4) is 0 Å². The first-order valence-corrected chi connectivity index (χ1v) is 13.6. The molecule has 2 aromatic heterocycles. The van der Waals surface area contributed by atoms with Crippen molar-refractivity contribution >= 4 is 57.1 Å². The largest absolute Gasteiger partial charge is 0.456 e. The van der Waals surface area contributed by atoms with Crippen LogP contribution in [0.25, 0.3) is 22.3 Å². The van der Waals surface area contributed by atoms with Crippen LogP contribution in [0.15, 0.2) is 91.3 Å². The lowest BCUT2D eigenvalue weighted by Crippen LogP contribution is -2.23. The number of nitrogens with one attached hydrogen (secondary N) is 4. The van der Waals surface area contributed by atoms with Crippen LogP contribution in [0.2, 0.25) is 0 Å². The Labute approximate surface area is 247 Å². The number of anilines is 3. The third-order valence-electron chi connectivity index (χ3n) is 6.62. The molecule has 0 aliphatic carbocycles. The maximum absolute atomic E-state index is 13.4. The summed E-state index contributed by atoms with van der Waals surface area (Å²) in [4.78, 5) is 50.3. The van der Waals surface area contributed by atoms with Gasteiger partial charge in [0.1, 0.15) is 5.60 Å². The standard InChI is InChI=1S/C33H28N6O4/c1-33(2,3)43-32(42)19-10-12-21(13-11-19)35-28(20-7-6-16-34-18-20)27-23-15-14-22(17-26(23)39-30(27)40)36-31(41)29-37-24-8-4-5-9-25(24)38-29/h4-18,35H,1-3H3,(H,36,41)(H,37,38)(H,39,40)/b28-27-. The number of aromatic amines is 1. The number of fused-ring (bicyclic) bond motifs is 2. The zero-order chi connectivity index (χ0) is 30.1. The summed E-state index contributed by atoms with van der Waals surface area (Å²) in [6.07, 6.45) is 3.32. The number of carbonyl (C=O) groups is 3. The fraction of sp³-hybridized carbons (Fsp3) is 0.121. The van der Waals surface area contributed by atoms with Crippen LogP contribution in [0, 0.1) is 0 Å². The zero-order valence-corrected chi connectivity index (χ0v) is 23.7. The SMILES string of the molecule is CC(C)(C)OC(=O)c1ccc(N/C(=C2\C(=O)Nc3cc(NC(=O)c4nc5ccccc5[nH]4)ccc32)c2cccnc2)cc1. The van der Waals surface area contributed by atoms with Gasteiger partial charge in [-0.2, -0.15) is 0 Å². The van der Waals surface area contributed by atoms with Gasteiger partial charge in [-0.05, 0) is 87.5 Å². The monoisotopic (exact) mass is 572 g/mol. The maximum atomic E-state index is 13.4. The Morgan fingerprint density at radius 1 is 0.860 bits per heavy atom. The van der Waals surface area contributed by atoms with Crippen LogP contribution in [0.4, 0.5) is 17.1 Å². The summed E-state index contributed by atoms with van der Waals surface area (Å²) in [6.45, 7) is 5.44. The lowest BCUT2D eigenvalue weighted by Gasteiger charge is -2.19. The molecule has 0 saturated heterocycles. The molecule has 0 spiro atoms. The van der Waals surface area contributed by atoms with Crippen LogP contribution in [-0.4, -0.2) is 38.3 Å². The van der Waals surface area contributed by atoms with E-state index in [1.807, 2.05) is 51.1 Å². The number of hydrogen-bond acceptors (Lipinski definition) is 7. The molecule has 2 amide bonds. The average Bonchev–Trinajstić information content (AvgIpc) is 3.56. The van der Waals surface area contributed by atoms with Gasteiger partial charge in [0.15, 0.2) is 5.82 Å². The highest BCUT2D eigenvalue weighted by atomic mass is 16.6. The number of H-pyrrole nitrogens is 1. The summed E-state index contributed by atoms with van der Waals surface area (Å²) in [7, 11) is 0. The second-order valence-electron chi connectivity index (χ2n) is 11.0. The first-order chi connectivity index (χ1) is 20.6. The van der Waals surface area contributed by atoms with E-state index < -0.39 is 17.5 Å². The molecule has 214 valence electrons. The predicted octanol–water partition coefficient (Wildman–Crippen LogP) is 6.10. The third-order valence-corrected chi connectivity index (χ3v) is 6.62. The van der Waals surface area contributed by atoms with Crippen LogP contribution in [0.1, 0.15) is 52.9 Å². The predicted molar refractivity (Wildman–Crippen MR) is 165 cm³/mol.